The van der Waals surface area contributed by atoms with Gasteiger partial charge < -0.3 is 14.5 Å². The zero-order valence-electron chi connectivity index (χ0n) is 17.0. The van der Waals surface area contributed by atoms with Gasteiger partial charge in [-0.25, -0.2) is 4.79 Å². The molecule has 1 aliphatic rings. The largest absolute Gasteiger partial charge is 0.465 e. The number of hydrogen-bond donors (Lipinski definition) is 0. The number of nitrogens with zero attached hydrogens (tertiary/aromatic N) is 3. The predicted octanol–water partition coefficient (Wildman–Crippen LogP) is 3.50. The van der Waals surface area contributed by atoms with E-state index in [9.17, 15) is 19.7 Å². The van der Waals surface area contributed by atoms with E-state index >= 15 is 0 Å². The highest BCUT2D eigenvalue weighted by Crippen LogP contribution is 2.31. The van der Waals surface area contributed by atoms with Gasteiger partial charge in [-0.3, -0.25) is 14.9 Å². The number of esters is 1. The van der Waals surface area contributed by atoms with Crippen LogP contribution in [-0.2, 0) is 4.74 Å². The number of anilines is 1. The maximum absolute atomic E-state index is 13.2. The molecule has 1 saturated heterocycles. The molecule has 0 bridgehead atoms. The first-order valence-electron chi connectivity index (χ1n) is 9.88. The monoisotopic (exact) mass is 419 g/mol. The van der Waals surface area contributed by atoms with Crippen LogP contribution in [0.1, 0.15) is 20.7 Å². The van der Waals surface area contributed by atoms with Gasteiger partial charge >= 0.3 is 5.97 Å². The zero-order chi connectivity index (χ0) is 22.0. The number of nitro groups is 1. The van der Waals surface area contributed by atoms with Crippen molar-refractivity contribution in [3.8, 4) is 0 Å². The lowest BCUT2D eigenvalue weighted by Crippen LogP contribution is -2.49. The number of hydrogen-bond acceptors (Lipinski definition) is 6. The van der Waals surface area contributed by atoms with Crippen LogP contribution in [0.4, 0.5) is 11.4 Å². The Balaban J connectivity index is 1.55. The highest BCUT2D eigenvalue weighted by molar-refractivity contribution is 6.07. The molecule has 1 fully saturated rings. The van der Waals surface area contributed by atoms with Crippen molar-refractivity contribution in [2.45, 2.75) is 0 Å². The molecular weight excluding hydrogens is 398 g/mol. The van der Waals surface area contributed by atoms with Crippen molar-refractivity contribution >= 4 is 34.0 Å². The highest BCUT2D eigenvalue weighted by Gasteiger charge is 2.28. The van der Waals surface area contributed by atoms with Gasteiger partial charge in [0.1, 0.15) is 5.69 Å². The van der Waals surface area contributed by atoms with E-state index in [4.69, 9.17) is 4.74 Å². The van der Waals surface area contributed by atoms with E-state index < -0.39 is 10.9 Å². The Labute approximate surface area is 178 Å². The van der Waals surface area contributed by atoms with Crippen molar-refractivity contribution in [2.75, 3.05) is 38.2 Å². The smallest absolute Gasteiger partial charge is 0.337 e. The molecule has 0 radical (unpaired) electrons. The third kappa shape index (κ3) is 3.92. The van der Waals surface area contributed by atoms with Crippen molar-refractivity contribution in [3.63, 3.8) is 0 Å². The van der Waals surface area contributed by atoms with Crippen LogP contribution < -0.4 is 4.90 Å². The van der Waals surface area contributed by atoms with Crippen molar-refractivity contribution in [2.24, 2.45) is 0 Å². The summed E-state index contributed by atoms with van der Waals surface area (Å²) in [4.78, 5) is 39.6. The molecule has 158 valence electrons. The van der Waals surface area contributed by atoms with E-state index in [1.165, 1.54) is 25.3 Å². The number of amides is 1. The molecule has 0 spiro atoms. The van der Waals surface area contributed by atoms with Gasteiger partial charge in [-0.1, -0.05) is 36.4 Å². The van der Waals surface area contributed by atoms with E-state index in [-0.39, 0.29) is 17.2 Å². The number of rotatable bonds is 4. The molecule has 1 heterocycles. The summed E-state index contributed by atoms with van der Waals surface area (Å²) in [5.41, 5.74) is 1.16. The summed E-state index contributed by atoms with van der Waals surface area (Å²) in [5.74, 6) is -0.616. The molecule has 1 aliphatic heterocycles. The number of carbonyl (C=O) groups excluding carboxylic acids is 2. The van der Waals surface area contributed by atoms with E-state index in [0.717, 1.165) is 10.8 Å². The molecule has 4 rings (SSSR count). The maximum atomic E-state index is 13.2. The Kier molecular flexibility index (Phi) is 5.53. The van der Waals surface area contributed by atoms with Crippen molar-refractivity contribution in [1.29, 1.82) is 0 Å². The number of ether oxygens (including phenoxy) is 1. The van der Waals surface area contributed by atoms with Crippen LogP contribution in [0.25, 0.3) is 10.8 Å². The van der Waals surface area contributed by atoms with Crippen LogP contribution in [0, 0.1) is 10.1 Å². The van der Waals surface area contributed by atoms with Crippen molar-refractivity contribution in [3.05, 3.63) is 81.9 Å². The third-order valence-corrected chi connectivity index (χ3v) is 5.52. The first-order chi connectivity index (χ1) is 15.0. The second-order valence-electron chi connectivity index (χ2n) is 7.26. The van der Waals surface area contributed by atoms with Crippen molar-refractivity contribution < 1.29 is 19.2 Å². The number of methoxy groups -OCH3 is 1. The lowest BCUT2D eigenvalue weighted by molar-refractivity contribution is -0.384. The number of carbonyl (C=O) groups is 2. The number of piperazine rings is 1. The summed E-state index contributed by atoms with van der Waals surface area (Å²) in [6, 6.07) is 17.6. The molecular formula is C23H21N3O5. The number of nitro benzene ring substituents is 1. The van der Waals surface area contributed by atoms with Crippen LogP contribution in [0.2, 0.25) is 0 Å². The molecule has 31 heavy (non-hydrogen) atoms. The lowest BCUT2D eigenvalue weighted by Gasteiger charge is -2.36. The Morgan fingerprint density at radius 2 is 1.68 bits per heavy atom. The minimum Gasteiger partial charge on any atom is -0.465 e. The Bertz CT molecular complexity index is 1160. The molecule has 0 saturated carbocycles. The van der Waals surface area contributed by atoms with Crippen LogP contribution in [-0.4, -0.2) is 55.0 Å². The second-order valence-corrected chi connectivity index (χ2v) is 7.26. The van der Waals surface area contributed by atoms with Gasteiger partial charge in [-0.15, -0.1) is 0 Å². The highest BCUT2D eigenvalue weighted by atomic mass is 16.6. The molecule has 3 aromatic carbocycles. The Morgan fingerprint density at radius 1 is 0.968 bits per heavy atom. The van der Waals surface area contributed by atoms with Crippen LogP contribution in [0.5, 0.6) is 0 Å². The Hall–Kier alpha value is -3.94. The van der Waals surface area contributed by atoms with E-state index in [0.29, 0.717) is 37.4 Å². The molecule has 1 amide bonds. The van der Waals surface area contributed by atoms with Crippen molar-refractivity contribution in [1.82, 2.24) is 4.90 Å². The minimum absolute atomic E-state index is 0.0609. The van der Waals surface area contributed by atoms with E-state index in [1.807, 2.05) is 47.4 Å². The molecule has 0 N–H and O–H groups in total. The SMILES string of the molecule is COC(=O)c1ccc([N+](=O)[O-])c(N2CCN(C(=O)c3cccc4ccccc34)CC2)c1. The average Bonchev–Trinajstić information content (AvgIpc) is 2.82. The quantitative estimate of drug-likeness (QED) is 0.365. The average molecular weight is 419 g/mol. The van der Waals surface area contributed by atoms with Gasteiger partial charge in [0.05, 0.1) is 17.6 Å². The van der Waals surface area contributed by atoms with Gasteiger partial charge in [-0.2, -0.15) is 0 Å². The maximum Gasteiger partial charge on any atom is 0.337 e. The summed E-state index contributed by atoms with van der Waals surface area (Å²) in [7, 11) is 1.26. The summed E-state index contributed by atoms with van der Waals surface area (Å²) in [5, 5.41) is 13.4. The first-order valence-corrected chi connectivity index (χ1v) is 9.88. The summed E-state index contributed by atoms with van der Waals surface area (Å²) < 4.78 is 4.73. The molecule has 0 aliphatic carbocycles. The second kappa shape index (κ2) is 8.43. The van der Waals surface area contributed by atoms with E-state index in [2.05, 4.69) is 0 Å². The normalized spacial score (nSPS) is 13.8. The fourth-order valence-electron chi connectivity index (χ4n) is 3.91. The minimum atomic E-state index is -0.555. The molecule has 3 aromatic rings. The molecule has 8 nitrogen and oxygen atoms in total. The molecule has 0 unspecified atom stereocenters. The standard InChI is InChI=1S/C23H21N3O5/c1-31-23(28)17-9-10-20(26(29)30)21(15-17)24-11-13-25(14-12-24)22(27)19-8-4-6-16-5-2-3-7-18(16)19/h2-10,15H,11-14H2,1H3. The topological polar surface area (TPSA) is 93.0 Å². The van der Waals surface area contributed by atoms with Gasteiger partial charge in [0.15, 0.2) is 0 Å². The van der Waals surface area contributed by atoms with Gasteiger partial charge in [0, 0.05) is 37.8 Å². The van der Waals surface area contributed by atoms with Crippen LogP contribution in [0.15, 0.2) is 60.7 Å². The zero-order valence-corrected chi connectivity index (χ0v) is 17.0. The fourth-order valence-corrected chi connectivity index (χ4v) is 3.91. The number of fused-ring (bicyclic) bond motifs is 1. The van der Waals surface area contributed by atoms with Crippen LogP contribution >= 0.6 is 0 Å². The molecule has 0 aromatic heterocycles. The Morgan fingerprint density at radius 3 is 2.39 bits per heavy atom. The summed E-state index contributed by atoms with van der Waals surface area (Å²) in [6.07, 6.45) is 0. The fraction of sp³-hybridized carbons (Fsp3) is 0.217. The first kappa shape index (κ1) is 20.3. The van der Waals surface area contributed by atoms with Crippen LogP contribution in [0.3, 0.4) is 0 Å². The van der Waals surface area contributed by atoms with Gasteiger partial charge in [0.2, 0.25) is 0 Å². The van der Waals surface area contributed by atoms with Gasteiger partial charge in [-0.05, 0) is 29.0 Å². The number of benzene rings is 3. The third-order valence-electron chi connectivity index (χ3n) is 5.52. The lowest BCUT2D eigenvalue weighted by atomic mass is 10.0. The van der Waals surface area contributed by atoms with Gasteiger partial charge in [0.25, 0.3) is 11.6 Å². The summed E-state index contributed by atoms with van der Waals surface area (Å²) >= 11 is 0. The molecule has 0 atom stereocenters. The predicted molar refractivity (Wildman–Crippen MR) is 117 cm³/mol. The van der Waals surface area contributed by atoms with E-state index in [1.54, 1.807) is 4.90 Å². The summed E-state index contributed by atoms with van der Waals surface area (Å²) in [6.45, 7) is 1.67. The molecule has 8 heteroatoms.